The van der Waals surface area contributed by atoms with E-state index in [0.717, 1.165) is 70.6 Å². The Morgan fingerprint density at radius 3 is 2.10 bits per heavy atom. The molecule has 3 N–H and O–H groups in total. The maximum atomic E-state index is 13.8. The minimum atomic E-state index is -6.94. The maximum Gasteiger partial charge on any atom is 0.460 e. The number of carboxylic acids is 1. The predicted molar refractivity (Wildman–Crippen MR) is 165 cm³/mol. The van der Waals surface area contributed by atoms with E-state index < -0.39 is 55.1 Å². The molecule has 0 amide bonds. The number of aromatic hydroxyl groups is 1. The molecule has 0 heterocycles. The molecule has 2 fully saturated rings. The lowest BCUT2D eigenvalue weighted by atomic mass is 9.52. The van der Waals surface area contributed by atoms with Crippen molar-refractivity contribution >= 4 is 5.97 Å². The van der Waals surface area contributed by atoms with Gasteiger partial charge < -0.3 is 15.3 Å². The zero-order valence-corrected chi connectivity index (χ0v) is 27.9. The SMILES string of the molecule is C[C@]12CC[C@@H]3c4ccc(O)cc4C[C@@H](CCCCCCCCCC(CCCC(F)(F)C(F)(F)C(F)(F)C(F)(F)F)C(=O)O)[C@H]3[C@@H]1CC[C@@H]2O. The van der Waals surface area contributed by atoms with Crippen molar-refractivity contribution in [2.24, 2.45) is 29.1 Å². The molecule has 3 aliphatic rings. The molecule has 49 heavy (non-hydrogen) atoms. The van der Waals surface area contributed by atoms with Crippen LogP contribution in [0, 0.1) is 29.1 Å². The Labute approximate surface area is 281 Å². The molecule has 0 saturated heterocycles. The van der Waals surface area contributed by atoms with Gasteiger partial charge >= 0.3 is 29.9 Å². The van der Waals surface area contributed by atoms with Crippen molar-refractivity contribution in [2.75, 3.05) is 0 Å². The number of benzene rings is 1. The number of fused-ring (bicyclic) bond motifs is 5. The second-order valence-electron chi connectivity index (χ2n) is 15.1. The largest absolute Gasteiger partial charge is 0.508 e. The first-order valence-electron chi connectivity index (χ1n) is 17.7. The van der Waals surface area contributed by atoms with E-state index in [4.69, 9.17) is 0 Å². The predicted octanol–water partition coefficient (Wildman–Crippen LogP) is 10.7. The van der Waals surface area contributed by atoms with E-state index in [1.165, 1.54) is 11.1 Å². The monoisotopic (exact) mass is 716 g/mol. The number of alkyl halides is 9. The molecule has 2 saturated carbocycles. The molecule has 7 atom stereocenters. The minimum Gasteiger partial charge on any atom is -0.508 e. The number of carbonyl (C=O) groups is 1. The Morgan fingerprint density at radius 2 is 1.47 bits per heavy atom. The highest BCUT2D eigenvalue weighted by molar-refractivity contribution is 5.69. The number of aliphatic hydroxyl groups excluding tert-OH is 1. The van der Waals surface area contributed by atoms with Gasteiger partial charge in [0.25, 0.3) is 0 Å². The molecule has 1 aromatic carbocycles. The third kappa shape index (κ3) is 8.16. The van der Waals surface area contributed by atoms with Gasteiger partial charge in [0.05, 0.1) is 12.0 Å². The topological polar surface area (TPSA) is 77.8 Å². The van der Waals surface area contributed by atoms with Crippen molar-refractivity contribution in [3.63, 3.8) is 0 Å². The van der Waals surface area contributed by atoms with Crippen LogP contribution in [0.15, 0.2) is 18.2 Å². The van der Waals surface area contributed by atoms with Crippen LogP contribution in [-0.2, 0) is 11.2 Å². The molecular weight excluding hydrogens is 667 g/mol. The Kier molecular flexibility index (Phi) is 12.3. The van der Waals surface area contributed by atoms with Gasteiger partial charge in [-0.25, -0.2) is 0 Å². The molecule has 13 heteroatoms. The van der Waals surface area contributed by atoms with Crippen LogP contribution in [0.3, 0.4) is 0 Å². The second kappa shape index (κ2) is 15.2. The molecule has 0 aliphatic heterocycles. The van der Waals surface area contributed by atoms with Gasteiger partial charge in [0.1, 0.15) is 5.75 Å². The molecule has 280 valence electrons. The van der Waals surface area contributed by atoms with E-state index in [-0.39, 0.29) is 23.7 Å². The van der Waals surface area contributed by atoms with Gasteiger partial charge in [-0.2, -0.15) is 39.5 Å². The zero-order chi connectivity index (χ0) is 36.4. The molecule has 4 rings (SSSR count). The minimum absolute atomic E-state index is 0.0477. The third-order valence-corrected chi connectivity index (χ3v) is 12.1. The molecule has 1 unspecified atom stereocenters. The Balaban J connectivity index is 1.17. The number of carboxylic acid groups (broad SMARTS) is 1. The van der Waals surface area contributed by atoms with Crippen LogP contribution in [0.5, 0.6) is 5.75 Å². The molecule has 0 aromatic heterocycles. The first-order chi connectivity index (χ1) is 22.7. The Bertz CT molecular complexity index is 1270. The number of hydrogen-bond acceptors (Lipinski definition) is 3. The van der Waals surface area contributed by atoms with Crippen molar-refractivity contribution in [3.05, 3.63) is 29.3 Å². The van der Waals surface area contributed by atoms with E-state index in [1.54, 1.807) is 6.07 Å². The third-order valence-electron chi connectivity index (χ3n) is 12.1. The molecule has 0 bridgehead atoms. The first-order valence-corrected chi connectivity index (χ1v) is 17.7. The summed E-state index contributed by atoms with van der Waals surface area (Å²) in [6.07, 6.45) is 1.04. The van der Waals surface area contributed by atoms with E-state index in [0.29, 0.717) is 36.5 Å². The molecular formula is C36H49F9O4. The van der Waals surface area contributed by atoms with Crippen LogP contribution in [0.4, 0.5) is 39.5 Å². The molecule has 1 aromatic rings. The summed E-state index contributed by atoms with van der Waals surface area (Å²) in [5.74, 6) is -19.7. The number of aliphatic hydroxyl groups is 1. The van der Waals surface area contributed by atoms with Crippen LogP contribution in [0.2, 0.25) is 0 Å². The lowest BCUT2D eigenvalue weighted by Gasteiger charge is -2.53. The van der Waals surface area contributed by atoms with Gasteiger partial charge in [0.15, 0.2) is 0 Å². The lowest BCUT2D eigenvalue weighted by Crippen LogP contribution is -2.60. The Hall–Kier alpha value is -2.18. The lowest BCUT2D eigenvalue weighted by molar-refractivity contribution is -0.396. The summed E-state index contributed by atoms with van der Waals surface area (Å²) in [6.45, 7) is 2.25. The van der Waals surface area contributed by atoms with E-state index in [9.17, 15) is 59.6 Å². The van der Waals surface area contributed by atoms with Crippen molar-refractivity contribution in [1.82, 2.24) is 0 Å². The normalized spacial score (nSPS) is 28.1. The van der Waals surface area contributed by atoms with Crippen LogP contribution in [0.25, 0.3) is 0 Å². The number of halogens is 9. The van der Waals surface area contributed by atoms with Gasteiger partial charge in [-0.05, 0) is 110 Å². The highest BCUT2D eigenvalue weighted by Gasteiger charge is 2.81. The summed E-state index contributed by atoms with van der Waals surface area (Å²) < 4.78 is 118. The molecule has 3 aliphatic carbocycles. The average molecular weight is 717 g/mol. The Morgan fingerprint density at radius 1 is 0.857 bits per heavy atom. The second-order valence-corrected chi connectivity index (χ2v) is 15.1. The smallest absolute Gasteiger partial charge is 0.460 e. The van der Waals surface area contributed by atoms with Gasteiger partial charge in [-0.1, -0.05) is 57.9 Å². The van der Waals surface area contributed by atoms with Crippen LogP contribution in [0.1, 0.15) is 127 Å². The molecule has 4 nitrogen and oxygen atoms in total. The van der Waals surface area contributed by atoms with Gasteiger partial charge in [0.2, 0.25) is 0 Å². The fraction of sp³-hybridized carbons (Fsp3) is 0.806. The van der Waals surface area contributed by atoms with Crippen LogP contribution >= 0.6 is 0 Å². The zero-order valence-electron chi connectivity index (χ0n) is 27.9. The number of phenolic OH excluding ortho intramolecular Hbond substituents is 1. The maximum absolute atomic E-state index is 13.8. The summed E-state index contributed by atoms with van der Waals surface area (Å²) in [5, 5.41) is 30.4. The summed E-state index contributed by atoms with van der Waals surface area (Å²) in [5.41, 5.74) is 2.52. The fourth-order valence-corrected chi connectivity index (χ4v) is 9.24. The highest BCUT2D eigenvalue weighted by atomic mass is 19.4. The van der Waals surface area contributed by atoms with Crippen LogP contribution < -0.4 is 0 Å². The standard InChI is InChI=1S/C36H49F9O4/c1-32-19-17-27-26-14-13-25(46)21-24(26)20-23(30(27)28(32)15-16-29(32)47)11-8-6-4-2-3-5-7-10-22(31(48)49)12-9-18-33(37,38)34(39,40)35(41,42)36(43,44)45/h13-14,21-23,27-30,46-47H,2-12,15-20H2,1H3,(H,48,49)/t22?,23-,27-,28+,29+,30-,32+/m1/s1. The summed E-state index contributed by atoms with van der Waals surface area (Å²) >= 11 is 0. The number of phenols is 1. The number of aliphatic carboxylic acids is 1. The quantitative estimate of drug-likeness (QED) is 0.111. The number of rotatable bonds is 17. The summed E-state index contributed by atoms with van der Waals surface area (Å²) in [4.78, 5) is 11.5. The summed E-state index contributed by atoms with van der Waals surface area (Å²) in [7, 11) is 0. The van der Waals surface area contributed by atoms with Gasteiger partial charge in [0, 0.05) is 6.42 Å². The summed E-state index contributed by atoms with van der Waals surface area (Å²) in [6, 6.07) is 5.76. The van der Waals surface area contributed by atoms with Crippen molar-refractivity contribution in [2.45, 2.75) is 152 Å². The van der Waals surface area contributed by atoms with Crippen LogP contribution in [-0.4, -0.2) is 51.3 Å². The van der Waals surface area contributed by atoms with Crippen molar-refractivity contribution in [3.8, 4) is 5.75 Å². The average Bonchev–Trinajstić information content (AvgIpc) is 3.31. The number of unbranched alkanes of at least 4 members (excludes halogenated alkanes) is 6. The van der Waals surface area contributed by atoms with E-state index >= 15 is 0 Å². The van der Waals surface area contributed by atoms with Crippen molar-refractivity contribution < 1.29 is 59.6 Å². The highest BCUT2D eigenvalue weighted by Crippen LogP contribution is 2.63. The molecule has 0 spiro atoms. The fourth-order valence-electron chi connectivity index (χ4n) is 9.24. The molecule has 0 radical (unpaired) electrons. The van der Waals surface area contributed by atoms with Gasteiger partial charge in [-0.3, -0.25) is 4.79 Å². The van der Waals surface area contributed by atoms with Gasteiger partial charge in [-0.15, -0.1) is 0 Å². The van der Waals surface area contributed by atoms with E-state index in [2.05, 4.69) is 13.0 Å². The van der Waals surface area contributed by atoms with E-state index in [1.807, 2.05) is 6.07 Å². The first kappa shape index (κ1) is 39.6. The van der Waals surface area contributed by atoms with Crippen molar-refractivity contribution in [1.29, 1.82) is 0 Å². The number of hydrogen-bond donors (Lipinski definition) is 3.